The van der Waals surface area contributed by atoms with Crippen molar-refractivity contribution >= 4 is 31.4 Å². The first-order chi connectivity index (χ1) is 11.5. The van der Waals surface area contributed by atoms with Gasteiger partial charge in [-0.05, 0) is 48.9 Å². The Hall–Kier alpha value is -2.26. The SMILES string of the molecule is COc1ccc(S(=O)(=O)Nc2cccc(N(C)S(C)(=O)=O)c2)cc1C. The standard InChI is InChI=1S/C16H20N2O5S2/c1-12-10-15(8-9-16(12)23-3)25(21,22)17-13-6-5-7-14(11-13)18(2)24(4,19)20/h5-11,17H,1-4H3. The van der Waals surface area contributed by atoms with Gasteiger partial charge < -0.3 is 4.74 Å². The van der Waals surface area contributed by atoms with Gasteiger partial charge in [0.2, 0.25) is 10.0 Å². The predicted octanol–water partition coefficient (Wildman–Crippen LogP) is 2.20. The van der Waals surface area contributed by atoms with Gasteiger partial charge in [-0.25, -0.2) is 16.8 Å². The van der Waals surface area contributed by atoms with E-state index in [4.69, 9.17) is 4.74 Å². The van der Waals surface area contributed by atoms with Gasteiger partial charge in [-0.3, -0.25) is 9.03 Å². The molecule has 0 unspecified atom stereocenters. The summed E-state index contributed by atoms with van der Waals surface area (Å²) >= 11 is 0. The molecule has 2 aromatic rings. The maximum Gasteiger partial charge on any atom is 0.261 e. The van der Waals surface area contributed by atoms with Crippen LogP contribution in [0.1, 0.15) is 5.56 Å². The van der Waals surface area contributed by atoms with E-state index in [1.807, 2.05) is 0 Å². The van der Waals surface area contributed by atoms with Crippen molar-refractivity contribution in [2.45, 2.75) is 11.8 Å². The Kier molecular flexibility index (Phi) is 5.28. The van der Waals surface area contributed by atoms with E-state index in [2.05, 4.69) is 4.72 Å². The van der Waals surface area contributed by atoms with E-state index < -0.39 is 20.0 Å². The largest absolute Gasteiger partial charge is 0.496 e. The molecule has 0 heterocycles. The number of benzene rings is 2. The van der Waals surface area contributed by atoms with Gasteiger partial charge in [0.05, 0.1) is 29.6 Å². The zero-order valence-electron chi connectivity index (χ0n) is 14.3. The average Bonchev–Trinajstić information content (AvgIpc) is 2.53. The number of nitrogens with zero attached hydrogens (tertiary/aromatic N) is 1. The van der Waals surface area contributed by atoms with Gasteiger partial charge in [0.1, 0.15) is 5.75 Å². The third-order valence-electron chi connectivity index (χ3n) is 3.64. The van der Waals surface area contributed by atoms with Crippen molar-refractivity contribution in [1.82, 2.24) is 0 Å². The maximum atomic E-state index is 12.5. The summed E-state index contributed by atoms with van der Waals surface area (Å²) in [6.07, 6.45) is 1.07. The van der Waals surface area contributed by atoms with E-state index in [-0.39, 0.29) is 10.6 Å². The summed E-state index contributed by atoms with van der Waals surface area (Å²) in [5.41, 5.74) is 1.31. The van der Waals surface area contributed by atoms with Crippen molar-refractivity contribution in [2.75, 3.05) is 29.4 Å². The van der Waals surface area contributed by atoms with Crippen LogP contribution in [-0.2, 0) is 20.0 Å². The Morgan fingerprint density at radius 3 is 2.28 bits per heavy atom. The number of hydrogen-bond acceptors (Lipinski definition) is 5. The first-order valence-corrected chi connectivity index (χ1v) is 10.6. The fourth-order valence-corrected chi connectivity index (χ4v) is 3.82. The molecule has 136 valence electrons. The van der Waals surface area contributed by atoms with Gasteiger partial charge in [0, 0.05) is 7.05 Å². The molecule has 0 fully saturated rings. The molecule has 0 atom stereocenters. The summed E-state index contributed by atoms with van der Waals surface area (Å²) in [4.78, 5) is 0.0904. The van der Waals surface area contributed by atoms with E-state index in [1.54, 1.807) is 31.2 Å². The maximum absolute atomic E-state index is 12.5. The van der Waals surface area contributed by atoms with Crippen molar-refractivity contribution in [2.24, 2.45) is 0 Å². The second kappa shape index (κ2) is 6.93. The van der Waals surface area contributed by atoms with Gasteiger partial charge >= 0.3 is 0 Å². The number of methoxy groups -OCH3 is 1. The predicted molar refractivity (Wildman–Crippen MR) is 98.2 cm³/mol. The lowest BCUT2D eigenvalue weighted by atomic mass is 10.2. The minimum absolute atomic E-state index is 0.0904. The third kappa shape index (κ3) is 4.43. The van der Waals surface area contributed by atoms with Gasteiger partial charge in [-0.2, -0.15) is 0 Å². The molecule has 7 nitrogen and oxygen atoms in total. The fraction of sp³-hybridized carbons (Fsp3) is 0.250. The average molecular weight is 384 g/mol. The Labute approximate surface area is 148 Å². The van der Waals surface area contributed by atoms with Crippen LogP contribution in [0.5, 0.6) is 5.75 Å². The number of ether oxygens (including phenoxy) is 1. The Morgan fingerprint density at radius 2 is 1.72 bits per heavy atom. The number of anilines is 2. The molecule has 2 rings (SSSR count). The van der Waals surface area contributed by atoms with Crippen LogP contribution in [-0.4, -0.2) is 37.2 Å². The minimum Gasteiger partial charge on any atom is -0.496 e. The summed E-state index contributed by atoms with van der Waals surface area (Å²) in [5.74, 6) is 0.593. The molecule has 1 N–H and O–H groups in total. The van der Waals surface area contributed by atoms with Crippen molar-refractivity contribution in [3.63, 3.8) is 0 Å². The lowest BCUT2D eigenvalue weighted by Crippen LogP contribution is -2.24. The summed E-state index contributed by atoms with van der Waals surface area (Å²) in [6, 6.07) is 10.7. The molecule has 0 aliphatic rings. The van der Waals surface area contributed by atoms with Crippen LogP contribution in [0, 0.1) is 6.92 Å². The van der Waals surface area contributed by atoms with Crippen LogP contribution in [0.25, 0.3) is 0 Å². The van der Waals surface area contributed by atoms with Crippen molar-refractivity contribution in [3.05, 3.63) is 48.0 Å². The van der Waals surface area contributed by atoms with Crippen LogP contribution in [0.4, 0.5) is 11.4 Å². The Bertz CT molecular complexity index is 985. The van der Waals surface area contributed by atoms with Gasteiger partial charge in [0.15, 0.2) is 0 Å². The molecule has 0 bridgehead atoms. The molecule has 0 saturated carbocycles. The van der Waals surface area contributed by atoms with Crippen LogP contribution in [0.3, 0.4) is 0 Å². The van der Waals surface area contributed by atoms with Crippen molar-refractivity contribution < 1.29 is 21.6 Å². The minimum atomic E-state index is -3.81. The summed E-state index contributed by atoms with van der Waals surface area (Å²) < 4.78 is 57.0. The molecule has 0 saturated heterocycles. The summed E-state index contributed by atoms with van der Waals surface area (Å²) in [5, 5.41) is 0. The number of rotatable bonds is 6. The lowest BCUT2D eigenvalue weighted by molar-refractivity contribution is 0.411. The molecule has 0 amide bonds. The summed E-state index contributed by atoms with van der Waals surface area (Å²) in [6.45, 7) is 1.75. The Balaban J connectivity index is 2.34. The van der Waals surface area contributed by atoms with Gasteiger partial charge in [-0.1, -0.05) is 6.07 Å². The van der Waals surface area contributed by atoms with Crippen molar-refractivity contribution in [3.8, 4) is 5.75 Å². The van der Waals surface area contributed by atoms with Crippen LogP contribution >= 0.6 is 0 Å². The molecule has 0 aromatic heterocycles. The topological polar surface area (TPSA) is 92.8 Å². The van der Waals surface area contributed by atoms with Gasteiger partial charge in [-0.15, -0.1) is 0 Å². The normalized spacial score (nSPS) is 11.8. The molecule has 25 heavy (non-hydrogen) atoms. The highest BCUT2D eigenvalue weighted by Crippen LogP contribution is 2.25. The number of aryl methyl sites for hydroxylation is 1. The van der Waals surface area contributed by atoms with Crippen molar-refractivity contribution in [1.29, 1.82) is 0 Å². The highest BCUT2D eigenvalue weighted by molar-refractivity contribution is 7.92. The molecule has 0 spiro atoms. The number of nitrogens with one attached hydrogen (secondary N) is 1. The van der Waals surface area contributed by atoms with Crippen LogP contribution < -0.4 is 13.8 Å². The van der Waals surface area contributed by atoms with Gasteiger partial charge in [0.25, 0.3) is 10.0 Å². The fourth-order valence-electron chi connectivity index (χ4n) is 2.19. The van der Waals surface area contributed by atoms with E-state index >= 15 is 0 Å². The second-order valence-electron chi connectivity index (χ2n) is 5.52. The Morgan fingerprint density at radius 1 is 1.04 bits per heavy atom. The molecular formula is C16H20N2O5S2. The highest BCUT2D eigenvalue weighted by Gasteiger charge is 2.17. The first kappa shape index (κ1) is 19.1. The van der Waals surface area contributed by atoms with E-state index in [0.29, 0.717) is 17.0 Å². The zero-order chi connectivity index (χ0) is 18.8. The summed E-state index contributed by atoms with van der Waals surface area (Å²) in [7, 11) is -4.34. The van der Waals surface area contributed by atoms with Crippen LogP contribution in [0.2, 0.25) is 0 Å². The van der Waals surface area contributed by atoms with E-state index in [9.17, 15) is 16.8 Å². The molecular weight excluding hydrogens is 364 g/mol. The number of sulfonamides is 2. The quantitative estimate of drug-likeness (QED) is 0.824. The highest BCUT2D eigenvalue weighted by atomic mass is 32.2. The monoisotopic (exact) mass is 384 g/mol. The first-order valence-electron chi connectivity index (χ1n) is 7.26. The molecule has 0 aliphatic carbocycles. The van der Waals surface area contributed by atoms with E-state index in [1.165, 1.54) is 32.4 Å². The van der Waals surface area contributed by atoms with Crippen LogP contribution in [0.15, 0.2) is 47.4 Å². The molecule has 0 aliphatic heterocycles. The third-order valence-corrected chi connectivity index (χ3v) is 6.22. The number of hydrogen-bond donors (Lipinski definition) is 1. The van der Waals surface area contributed by atoms with E-state index in [0.717, 1.165) is 10.6 Å². The second-order valence-corrected chi connectivity index (χ2v) is 9.21. The lowest BCUT2D eigenvalue weighted by Gasteiger charge is -2.18. The smallest absolute Gasteiger partial charge is 0.261 e. The molecule has 0 radical (unpaired) electrons. The zero-order valence-corrected chi connectivity index (χ0v) is 16.0. The molecule has 2 aromatic carbocycles. The molecule has 9 heteroatoms.